The van der Waals surface area contributed by atoms with Gasteiger partial charge in [0.05, 0.1) is 17.8 Å². The lowest BCUT2D eigenvalue weighted by atomic mass is 10.1. The first-order chi connectivity index (χ1) is 15.5. The molecule has 4 aromatic rings. The lowest BCUT2D eigenvalue weighted by Gasteiger charge is -2.10. The molecule has 32 heavy (non-hydrogen) atoms. The molecule has 3 aromatic carbocycles. The standard InChI is InChI=1S/C24H15BrClN3O3/c25-19-5-7-21(31-14-16-4-2-1-3-15(16)12-27)18(9-19)13-28-29-24(30)23-11-17-10-20(26)6-8-22(17)32-23/h1-11,13H,14H2,(H,29,30)/b28-13+. The van der Waals surface area contributed by atoms with Gasteiger partial charge in [-0.25, -0.2) is 5.43 Å². The third-order valence-corrected chi connectivity index (χ3v) is 5.29. The normalized spacial score (nSPS) is 10.9. The van der Waals surface area contributed by atoms with Crippen LogP contribution >= 0.6 is 27.5 Å². The maximum atomic E-state index is 12.4. The number of halogens is 2. The van der Waals surface area contributed by atoms with Crippen LogP contribution in [0.2, 0.25) is 5.02 Å². The van der Waals surface area contributed by atoms with E-state index in [0.717, 1.165) is 15.4 Å². The molecule has 0 aliphatic heterocycles. The minimum Gasteiger partial charge on any atom is -0.488 e. The van der Waals surface area contributed by atoms with Gasteiger partial charge in [-0.1, -0.05) is 45.7 Å². The quantitative estimate of drug-likeness (QED) is 0.253. The molecule has 1 heterocycles. The molecular weight excluding hydrogens is 494 g/mol. The van der Waals surface area contributed by atoms with Crippen molar-refractivity contribution in [3.8, 4) is 11.8 Å². The first kappa shape index (κ1) is 21.6. The number of nitrogens with one attached hydrogen (secondary N) is 1. The second-order valence-electron chi connectivity index (χ2n) is 6.73. The third-order valence-electron chi connectivity index (χ3n) is 4.56. The lowest BCUT2D eigenvalue weighted by molar-refractivity contribution is 0.0929. The van der Waals surface area contributed by atoms with Gasteiger partial charge in [-0.2, -0.15) is 10.4 Å². The Balaban J connectivity index is 1.47. The fourth-order valence-corrected chi connectivity index (χ4v) is 3.56. The Morgan fingerprint density at radius 1 is 1.19 bits per heavy atom. The van der Waals surface area contributed by atoms with Crippen molar-refractivity contribution in [2.24, 2.45) is 5.10 Å². The molecule has 0 atom stereocenters. The van der Waals surface area contributed by atoms with Crippen molar-refractivity contribution in [1.29, 1.82) is 5.26 Å². The Morgan fingerprint density at radius 2 is 2.03 bits per heavy atom. The smallest absolute Gasteiger partial charge is 0.307 e. The lowest BCUT2D eigenvalue weighted by Crippen LogP contribution is -2.16. The molecule has 4 rings (SSSR count). The average Bonchev–Trinajstić information content (AvgIpc) is 3.22. The second-order valence-corrected chi connectivity index (χ2v) is 8.08. The van der Waals surface area contributed by atoms with Gasteiger partial charge in [0.15, 0.2) is 5.76 Å². The minimum atomic E-state index is -0.492. The summed E-state index contributed by atoms with van der Waals surface area (Å²) in [5.74, 6) is 0.185. The van der Waals surface area contributed by atoms with Crippen LogP contribution < -0.4 is 10.2 Å². The summed E-state index contributed by atoms with van der Waals surface area (Å²) >= 11 is 9.40. The van der Waals surface area contributed by atoms with Crippen LogP contribution in [0.25, 0.3) is 11.0 Å². The molecule has 0 unspecified atom stereocenters. The number of rotatable bonds is 6. The van der Waals surface area contributed by atoms with E-state index in [1.54, 1.807) is 42.5 Å². The predicted molar refractivity (Wildman–Crippen MR) is 126 cm³/mol. The van der Waals surface area contributed by atoms with Crippen LogP contribution in [0.3, 0.4) is 0 Å². The molecule has 0 saturated heterocycles. The maximum Gasteiger partial charge on any atom is 0.307 e. The fourth-order valence-electron chi connectivity index (χ4n) is 3.00. The highest BCUT2D eigenvalue weighted by Crippen LogP contribution is 2.24. The van der Waals surface area contributed by atoms with Gasteiger partial charge < -0.3 is 9.15 Å². The molecule has 0 fully saturated rings. The Bertz CT molecular complexity index is 1370. The first-order valence-corrected chi connectivity index (χ1v) is 10.6. The van der Waals surface area contributed by atoms with E-state index in [9.17, 15) is 10.1 Å². The maximum absolute atomic E-state index is 12.4. The van der Waals surface area contributed by atoms with Crippen molar-refractivity contribution in [2.45, 2.75) is 6.61 Å². The Labute approximate surface area is 197 Å². The van der Waals surface area contributed by atoms with Crippen molar-refractivity contribution in [2.75, 3.05) is 0 Å². The highest BCUT2D eigenvalue weighted by Gasteiger charge is 2.12. The highest BCUT2D eigenvalue weighted by atomic mass is 79.9. The van der Waals surface area contributed by atoms with Gasteiger partial charge in [0, 0.05) is 26.0 Å². The van der Waals surface area contributed by atoms with Crippen LogP contribution in [-0.4, -0.2) is 12.1 Å². The van der Waals surface area contributed by atoms with Crippen molar-refractivity contribution < 1.29 is 13.9 Å². The van der Waals surface area contributed by atoms with E-state index in [1.165, 1.54) is 6.21 Å². The van der Waals surface area contributed by atoms with Crippen LogP contribution in [0.4, 0.5) is 0 Å². The van der Waals surface area contributed by atoms with Crippen molar-refractivity contribution in [1.82, 2.24) is 5.43 Å². The summed E-state index contributed by atoms with van der Waals surface area (Å²) in [6.45, 7) is 0.222. The first-order valence-electron chi connectivity index (χ1n) is 9.46. The van der Waals surface area contributed by atoms with E-state index in [4.69, 9.17) is 20.8 Å². The van der Waals surface area contributed by atoms with E-state index in [1.807, 2.05) is 24.3 Å². The Kier molecular flexibility index (Phi) is 6.55. The van der Waals surface area contributed by atoms with Gasteiger partial charge in [0.25, 0.3) is 0 Å². The van der Waals surface area contributed by atoms with E-state index in [2.05, 4.69) is 32.5 Å². The summed E-state index contributed by atoms with van der Waals surface area (Å²) in [6.07, 6.45) is 1.48. The number of benzene rings is 3. The predicted octanol–water partition coefficient (Wildman–Crippen LogP) is 6.06. The number of fused-ring (bicyclic) bond motifs is 1. The van der Waals surface area contributed by atoms with Crippen LogP contribution in [0.1, 0.15) is 27.2 Å². The topological polar surface area (TPSA) is 87.6 Å². The van der Waals surface area contributed by atoms with Gasteiger partial charge in [0.2, 0.25) is 0 Å². The van der Waals surface area contributed by atoms with Crippen LogP contribution in [0.5, 0.6) is 5.75 Å². The number of hydrogen-bond donors (Lipinski definition) is 1. The second kappa shape index (κ2) is 9.69. The molecule has 1 amide bonds. The largest absolute Gasteiger partial charge is 0.488 e. The summed E-state index contributed by atoms with van der Waals surface area (Å²) in [5, 5.41) is 14.6. The average molecular weight is 509 g/mol. The van der Waals surface area contributed by atoms with Gasteiger partial charge in [-0.05, 0) is 48.5 Å². The van der Waals surface area contributed by atoms with Gasteiger partial charge in [0.1, 0.15) is 17.9 Å². The summed E-state index contributed by atoms with van der Waals surface area (Å²) in [6, 6.07) is 21.5. The van der Waals surface area contributed by atoms with E-state index < -0.39 is 5.91 Å². The number of carbonyl (C=O) groups is 1. The number of hydrazone groups is 1. The molecule has 0 radical (unpaired) electrons. The SMILES string of the molecule is N#Cc1ccccc1COc1ccc(Br)cc1/C=N/NC(=O)c1cc2cc(Cl)ccc2o1. The van der Waals surface area contributed by atoms with Gasteiger partial charge in [-0.3, -0.25) is 4.79 Å². The van der Waals surface area contributed by atoms with Crippen LogP contribution in [0, 0.1) is 11.3 Å². The van der Waals surface area contributed by atoms with Gasteiger partial charge in [-0.15, -0.1) is 0 Å². The van der Waals surface area contributed by atoms with Crippen LogP contribution in [-0.2, 0) is 6.61 Å². The number of furan rings is 1. The van der Waals surface area contributed by atoms with E-state index in [-0.39, 0.29) is 12.4 Å². The number of nitrogens with zero attached hydrogens (tertiary/aromatic N) is 2. The molecular formula is C24H15BrClN3O3. The number of nitriles is 1. The summed E-state index contributed by atoms with van der Waals surface area (Å²) in [7, 11) is 0. The van der Waals surface area contributed by atoms with Gasteiger partial charge >= 0.3 is 5.91 Å². The van der Waals surface area contributed by atoms with Crippen LogP contribution in [0.15, 0.2) is 80.7 Å². The van der Waals surface area contributed by atoms with Crippen molar-refractivity contribution in [3.05, 3.63) is 98.7 Å². The Morgan fingerprint density at radius 3 is 2.88 bits per heavy atom. The molecule has 0 aliphatic carbocycles. The van der Waals surface area contributed by atoms with Crippen molar-refractivity contribution in [3.63, 3.8) is 0 Å². The summed E-state index contributed by atoms with van der Waals surface area (Å²) in [4.78, 5) is 12.4. The molecule has 1 aromatic heterocycles. The van der Waals surface area contributed by atoms with E-state index in [0.29, 0.717) is 27.5 Å². The molecule has 0 aliphatic rings. The molecule has 158 valence electrons. The highest BCUT2D eigenvalue weighted by molar-refractivity contribution is 9.10. The van der Waals surface area contributed by atoms with E-state index >= 15 is 0 Å². The van der Waals surface area contributed by atoms with Crippen molar-refractivity contribution >= 4 is 50.6 Å². The zero-order chi connectivity index (χ0) is 22.5. The molecule has 1 N–H and O–H groups in total. The Hall–Kier alpha value is -3.60. The monoisotopic (exact) mass is 507 g/mol. The number of hydrogen-bond acceptors (Lipinski definition) is 5. The molecule has 0 bridgehead atoms. The molecule has 0 spiro atoms. The zero-order valence-corrected chi connectivity index (χ0v) is 18.9. The molecule has 0 saturated carbocycles. The molecule has 8 heteroatoms. The number of carbonyl (C=O) groups excluding carboxylic acids is 1. The summed E-state index contributed by atoms with van der Waals surface area (Å²) < 4.78 is 12.3. The third kappa shape index (κ3) is 4.99. The number of amides is 1. The number of ether oxygens (including phenoxy) is 1. The minimum absolute atomic E-state index is 0.123. The zero-order valence-electron chi connectivity index (χ0n) is 16.5. The molecule has 6 nitrogen and oxygen atoms in total. The fraction of sp³-hybridized carbons (Fsp3) is 0.0417. The summed E-state index contributed by atoms with van der Waals surface area (Å²) in [5.41, 5.74) is 4.99.